The lowest BCUT2D eigenvalue weighted by Crippen LogP contribution is -2.18. The number of allylic oxidation sites excluding steroid dienone is 2. The van der Waals surface area contributed by atoms with Crippen LogP contribution in [0.4, 0.5) is 0 Å². The average Bonchev–Trinajstić information content (AvgIpc) is 2.07. The van der Waals surface area contributed by atoms with Gasteiger partial charge in [-0.3, -0.25) is 4.79 Å². The predicted molar refractivity (Wildman–Crippen MR) is 46.3 cm³/mol. The summed E-state index contributed by atoms with van der Waals surface area (Å²) in [5.41, 5.74) is 1.26. The molecule has 0 N–H and O–H groups in total. The zero-order chi connectivity index (χ0) is 8.59. The van der Waals surface area contributed by atoms with Crippen molar-refractivity contribution >= 4 is 5.78 Å². The second kappa shape index (κ2) is 2.80. The summed E-state index contributed by atoms with van der Waals surface area (Å²) in [4.78, 5) is 11.2. The van der Waals surface area contributed by atoms with Gasteiger partial charge in [-0.05, 0) is 24.8 Å². The maximum atomic E-state index is 11.2. The lowest BCUT2D eigenvalue weighted by molar-refractivity contribution is -0.118. The van der Waals surface area contributed by atoms with Gasteiger partial charge in [0.05, 0.1) is 0 Å². The molecule has 2 atom stereocenters. The Labute approximate surface area is 68.5 Å². The molecule has 1 aliphatic carbocycles. The number of carbonyl (C=O) groups is 1. The van der Waals surface area contributed by atoms with E-state index in [0.29, 0.717) is 17.6 Å². The van der Waals surface area contributed by atoms with E-state index in [2.05, 4.69) is 20.8 Å². The maximum absolute atomic E-state index is 11.2. The molecule has 0 heterocycles. The molecule has 1 heteroatoms. The largest absolute Gasteiger partial charge is 0.295 e. The monoisotopic (exact) mass is 152 g/mol. The van der Waals surface area contributed by atoms with Crippen LogP contribution in [0.25, 0.3) is 0 Å². The van der Waals surface area contributed by atoms with Gasteiger partial charge in [0, 0.05) is 5.92 Å². The van der Waals surface area contributed by atoms with Crippen molar-refractivity contribution in [1.82, 2.24) is 0 Å². The van der Waals surface area contributed by atoms with E-state index in [-0.39, 0.29) is 5.92 Å². The molecule has 0 spiro atoms. The van der Waals surface area contributed by atoms with Crippen molar-refractivity contribution in [1.29, 1.82) is 0 Å². The molecule has 11 heavy (non-hydrogen) atoms. The van der Waals surface area contributed by atoms with Crippen LogP contribution in [-0.4, -0.2) is 5.78 Å². The van der Waals surface area contributed by atoms with Crippen LogP contribution in [0, 0.1) is 17.8 Å². The first-order valence-electron chi connectivity index (χ1n) is 4.26. The highest BCUT2D eigenvalue weighted by molar-refractivity contribution is 5.95. The van der Waals surface area contributed by atoms with E-state index >= 15 is 0 Å². The van der Waals surface area contributed by atoms with Crippen LogP contribution in [0.1, 0.15) is 27.7 Å². The van der Waals surface area contributed by atoms with Gasteiger partial charge in [-0.2, -0.15) is 0 Å². The third kappa shape index (κ3) is 1.37. The molecule has 0 saturated heterocycles. The predicted octanol–water partition coefficient (Wildman–Crippen LogP) is 2.42. The summed E-state index contributed by atoms with van der Waals surface area (Å²) in [7, 11) is 0. The molecule has 1 rings (SSSR count). The van der Waals surface area contributed by atoms with Gasteiger partial charge in [0.15, 0.2) is 5.78 Å². The zero-order valence-electron chi connectivity index (χ0n) is 7.72. The lowest BCUT2D eigenvalue weighted by atomic mass is 9.83. The molecule has 1 nitrogen and oxygen atoms in total. The summed E-state index contributed by atoms with van der Waals surface area (Å²) in [5.74, 6) is 1.60. The van der Waals surface area contributed by atoms with Crippen LogP contribution in [0.15, 0.2) is 11.6 Å². The van der Waals surface area contributed by atoms with E-state index in [0.717, 1.165) is 0 Å². The van der Waals surface area contributed by atoms with Crippen LogP contribution in [-0.2, 0) is 4.79 Å². The Morgan fingerprint density at radius 2 is 2.00 bits per heavy atom. The summed E-state index contributed by atoms with van der Waals surface area (Å²) in [6.07, 6.45) is 1.80. The van der Waals surface area contributed by atoms with Gasteiger partial charge in [0.25, 0.3) is 0 Å². The molecule has 0 aliphatic heterocycles. The molecular formula is C10H16O. The van der Waals surface area contributed by atoms with E-state index < -0.39 is 0 Å². The van der Waals surface area contributed by atoms with Crippen LogP contribution < -0.4 is 0 Å². The van der Waals surface area contributed by atoms with E-state index in [9.17, 15) is 4.79 Å². The van der Waals surface area contributed by atoms with Crippen molar-refractivity contribution in [2.75, 3.05) is 0 Å². The molecule has 0 aromatic heterocycles. The van der Waals surface area contributed by atoms with Crippen molar-refractivity contribution in [3.05, 3.63) is 11.6 Å². The highest BCUT2D eigenvalue weighted by Crippen LogP contribution is 2.34. The number of rotatable bonds is 1. The Morgan fingerprint density at radius 3 is 2.18 bits per heavy atom. The summed E-state index contributed by atoms with van der Waals surface area (Å²) < 4.78 is 0. The fourth-order valence-corrected chi connectivity index (χ4v) is 2.13. The minimum atomic E-state index is 0.218. The van der Waals surface area contributed by atoms with Crippen LogP contribution in [0.3, 0.4) is 0 Å². The van der Waals surface area contributed by atoms with Crippen molar-refractivity contribution in [2.45, 2.75) is 27.7 Å². The minimum absolute atomic E-state index is 0.218. The van der Waals surface area contributed by atoms with Gasteiger partial charge in [0.2, 0.25) is 0 Å². The van der Waals surface area contributed by atoms with Gasteiger partial charge < -0.3 is 0 Å². The summed E-state index contributed by atoms with van der Waals surface area (Å²) in [6.45, 7) is 8.44. The normalized spacial score (nSPS) is 31.4. The molecule has 0 amide bonds. The minimum Gasteiger partial charge on any atom is -0.295 e. The molecule has 62 valence electrons. The molecule has 0 aromatic carbocycles. The van der Waals surface area contributed by atoms with Gasteiger partial charge in [0.1, 0.15) is 0 Å². The third-order valence-corrected chi connectivity index (χ3v) is 2.60. The molecule has 0 bridgehead atoms. The Balaban J connectivity index is 2.83. The van der Waals surface area contributed by atoms with Gasteiger partial charge >= 0.3 is 0 Å². The quantitative estimate of drug-likeness (QED) is 0.564. The number of hydrogen-bond donors (Lipinski definition) is 0. The Morgan fingerprint density at radius 1 is 1.45 bits per heavy atom. The first-order valence-corrected chi connectivity index (χ1v) is 4.26. The Bertz CT molecular complexity index is 201. The zero-order valence-corrected chi connectivity index (χ0v) is 7.72. The molecule has 0 fully saturated rings. The van der Waals surface area contributed by atoms with E-state index in [1.165, 1.54) is 5.57 Å². The second-order valence-corrected chi connectivity index (χ2v) is 3.85. The summed E-state index contributed by atoms with van der Waals surface area (Å²) in [6, 6.07) is 0. The van der Waals surface area contributed by atoms with Crippen molar-refractivity contribution in [3.63, 3.8) is 0 Å². The van der Waals surface area contributed by atoms with Gasteiger partial charge in [-0.15, -0.1) is 0 Å². The van der Waals surface area contributed by atoms with Crippen LogP contribution in [0.2, 0.25) is 0 Å². The van der Waals surface area contributed by atoms with Gasteiger partial charge in [-0.1, -0.05) is 26.3 Å². The van der Waals surface area contributed by atoms with Crippen molar-refractivity contribution in [3.8, 4) is 0 Å². The topological polar surface area (TPSA) is 17.1 Å². The van der Waals surface area contributed by atoms with Crippen LogP contribution in [0.5, 0.6) is 0 Å². The highest BCUT2D eigenvalue weighted by Gasteiger charge is 2.32. The second-order valence-electron chi connectivity index (χ2n) is 3.85. The first kappa shape index (κ1) is 8.51. The summed E-state index contributed by atoms with van der Waals surface area (Å²) >= 11 is 0. The first-order chi connectivity index (χ1) is 5.04. The molecule has 1 aliphatic rings. The molecular weight excluding hydrogens is 136 g/mol. The van der Waals surface area contributed by atoms with Gasteiger partial charge in [-0.25, -0.2) is 0 Å². The van der Waals surface area contributed by atoms with Crippen LogP contribution >= 0.6 is 0 Å². The lowest BCUT2D eigenvalue weighted by Gasteiger charge is -2.20. The SMILES string of the molecule is CC1=CC(=O)C(C)C1C(C)C. The van der Waals surface area contributed by atoms with E-state index in [1.54, 1.807) is 6.08 Å². The molecule has 0 saturated carbocycles. The summed E-state index contributed by atoms with van der Waals surface area (Å²) in [5, 5.41) is 0. The highest BCUT2D eigenvalue weighted by atomic mass is 16.1. The fourth-order valence-electron chi connectivity index (χ4n) is 2.13. The third-order valence-electron chi connectivity index (χ3n) is 2.60. The van der Waals surface area contributed by atoms with E-state index in [1.807, 2.05) is 6.92 Å². The van der Waals surface area contributed by atoms with Crippen molar-refractivity contribution in [2.24, 2.45) is 17.8 Å². The number of hydrogen-bond acceptors (Lipinski definition) is 1. The fraction of sp³-hybridized carbons (Fsp3) is 0.700. The smallest absolute Gasteiger partial charge is 0.159 e. The Hall–Kier alpha value is -0.590. The molecule has 0 aromatic rings. The molecule has 0 radical (unpaired) electrons. The number of ketones is 1. The maximum Gasteiger partial charge on any atom is 0.159 e. The molecule has 2 unspecified atom stereocenters. The Kier molecular flexibility index (Phi) is 2.17. The van der Waals surface area contributed by atoms with Crippen molar-refractivity contribution < 1.29 is 4.79 Å². The average molecular weight is 152 g/mol. The number of carbonyl (C=O) groups excluding carboxylic acids is 1. The van der Waals surface area contributed by atoms with E-state index in [4.69, 9.17) is 0 Å². The standard InChI is InChI=1S/C10H16O/c1-6(2)10-7(3)5-9(11)8(10)4/h5-6,8,10H,1-4H3.